The van der Waals surface area contributed by atoms with Crippen LogP contribution in [0.25, 0.3) is 5.65 Å². The van der Waals surface area contributed by atoms with Crippen molar-refractivity contribution in [2.24, 2.45) is 0 Å². The highest BCUT2D eigenvalue weighted by molar-refractivity contribution is 5.84. The topological polar surface area (TPSA) is 86.3 Å². The van der Waals surface area contributed by atoms with E-state index in [9.17, 15) is 4.79 Å². The number of rotatable bonds is 3. The molecule has 0 aliphatic rings. The molecule has 24 heavy (non-hydrogen) atoms. The first kappa shape index (κ1) is 16.0. The van der Waals surface area contributed by atoms with E-state index in [0.29, 0.717) is 18.0 Å². The second-order valence-electron chi connectivity index (χ2n) is 6.52. The number of anilines is 1. The summed E-state index contributed by atoms with van der Waals surface area (Å²) in [6, 6.07) is 1.86. The maximum absolute atomic E-state index is 11.9. The third-order valence-corrected chi connectivity index (χ3v) is 3.13. The van der Waals surface area contributed by atoms with Crippen molar-refractivity contribution in [1.29, 1.82) is 0 Å². The van der Waals surface area contributed by atoms with Gasteiger partial charge in [0.2, 0.25) is 0 Å². The molecule has 0 saturated carbocycles. The smallest absolute Gasteiger partial charge is 0.413 e. The van der Waals surface area contributed by atoms with Gasteiger partial charge in [0, 0.05) is 18.6 Å². The van der Waals surface area contributed by atoms with Gasteiger partial charge in [0.25, 0.3) is 0 Å². The zero-order chi connectivity index (χ0) is 17.3. The highest BCUT2D eigenvalue weighted by Gasteiger charge is 2.18. The minimum Gasteiger partial charge on any atom is -0.444 e. The van der Waals surface area contributed by atoms with Crippen molar-refractivity contribution in [3.8, 4) is 0 Å². The second kappa shape index (κ2) is 5.95. The van der Waals surface area contributed by atoms with Gasteiger partial charge in [-0.05, 0) is 33.8 Å². The molecule has 3 aromatic heterocycles. The summed E-state index contributed by atoms with van der Waals surface area (Å²) in [4.78, 5) is 20.9. The average molecular weight is 328 g/mol. The molecule has 8 nitrogen and oxygen atoms in total. The largest absolute Gasteiger partial charge is 0.444 e. The van der Waals surface area contributed by atoms with Crippen molar-refractivity contribution in [3.63, 3.8) is 0 Å². The molecule has 0 aliphatic carbocycles. The van der Waals surface area contributed by atoms with Crippen LogP contribution < -0.4 is 5.32 Å². The lowest BCUT2D eigenvalue weighted by Crippen LogP contribution is -2.27. The lowest BCUT2D eigenvalue weighted by atomic mass is 10.2. The summed E-state index contributed by atoms with van der Waals surface area (Å²) < 4.78 is 8.86. The Labute approximate surface area is 139 Å². The summed E-state index contributed by atoms with van der Waals surface area (Å²) in [6.45, 7) is 7.84. The van der Waals surface area contributed by atoms with Crippen molar-refractivity contribution in [1.82, 2.24) is 24.1 Å². The molecule has 3 heterocycles. The summed E-state index contributed by atoms with van der Waals surface area (Å²) in [7, 11) is 0. The van der Waals surface area contributed by atoms with Crippen molar-refractivity contribution in [2.75, 3.05) is 5.32 Å². The summed E-state index contributed by atoms with van der Waals surface area (Å²) in [5, 5.41) is 6.84. The molecule has 0 fully saturated rings. The molecule has 0 unspecified atom stereocenters. The molecule has 0 aliphatic heterocycles. The van der Waals surface area contributed by atoms with Gasteiger partial charge in [0.05, 0.1) is 18.4 Å². The van der Waals surface area contributed by atoms with Crippen LogP contribution in [0, 0.1) is 6.92 Å². The van der Waals surface area contributed by atoms with Crippen LogP contribution in [0.3, 0.4) is 0 Å². The van der Waals surface area contributed by atoms with E-state index >= 15 is 0 Å². The van der Waals surface area contributed by atoms with E-state index in [4.69, 9.17) is 4.74 Å². The van der Waals surface area contributed by atoms with Gasteiger partial charge >= 0.3 is 6.09 Å². The number of hydrogen-bond acceptors (Lipinski definition) is 5. The Hall–Kier alpha value is -2.90. The van der Waals surface area contributed by atoms with E-state index in [1.54, 1.807) is 17.1 Å². The maximum atomic E-state index is 11.9. The third-order valence-electron chi connectivity index (χ3n) is 3.13. The molecule has 0 aromatic carbocycles. The van der Waals surface area contributed by atoms with Crippen molar-refractivity contribution in [3.05, 3.63) is 42.2 Å². The number of aryl methyl sites for hydroxylation is 1. The minimum absolute atomic E-state index is 0.415. The van der Waals surface area contributed by atoms with Crippen LogP contribution in [-0.2, 0) is 11.3 Å². The number of aromatic nitrogens is 5. The van der Waals surface area contributed by atoms with Gasteiger partial charge in [0.15, 0.2) is 11.5 Å². The van der Waals surface area contributed by atoms with E-state index in [-0.39, 0.29) is 0 Å². The quantitative estimate of drug-likeness (QED) is 0.798. The number of fused-ring (bicyclic) bond motifs is 1. The van der Waals surface area contributed by atoms with Crippen LogP contribution in [0.2, 0.25) is 0 Å². The Morgan fingerprint density at radius 3 is 2.75 bits per heavy atom. The van der Waals surface area contributed by atoms with Crippen LogP contribution in [0.1, 0.15) is 32.2 Å². The van der Waals surface area contributed by atoms with Gasteiger partial charge in [-0.3, -0.25) is 15.0 Å². The van der Waals surface area contributed by atoms with Crippen molar-refractivity contribution in [2.45, 2.75) is 39.8 Å². The van der Waals surface area contributed by atoms with E-state index in [2.05, 4.69) is 20.4 Å². The fourth-order valence-corrected chi connectivity index (χ4v) is 2.32. The number of imidazole rings is 1. The molecule has 0 atom stereocenters. The molecule has 0 saturated heterocycles. The molecular formula is C16H20N6O2. The summed E-state index contributed by atoms with van der Waals surface area (Å²) in [5.41, 5.74) is 1.73. The van der Waals surface area contributed by atoms with Crippen LogP contribution in [0.15, 0.2) is 30.9 Å². The lowest BCUT2D eigenvalue weighted by Gasteiger charge is -2.18. The number of nitrogens with zero attached hydrogens (tertiary/aromatic N) is 5. The third kappa shape index (κ3) is 3.70. The number of ether oxygens (including phenoxy) is 1. The van der Waals surface area contributed by atoms with Gasteiger partial charge in [-0.25, -0.2) is 9.78 Å². The number of carbonyl (C=O) groups excluding carboxylic acids is 1. The molecule has 3 aromatic rings. The van der Waals surface area contributed by atoms with E-state index in [1.807, 2.05) is 50.6 Å². The molecule has 3 rings (SSSR count). The van der Waals surface area contributed by atoms with Crippen LogP contribution in [-0.4, -0.2) is 35.8 Å². The Balaban J connectivity index is 1.88. The molecule has 1 amide bonds. The zero-order valence-electron chi connectivity index (χ0n) is 14.1. The number of nitrogens with one attached hydrogen (secondary N) is 1. The molecule has 1 N–H and O–H groups in total. The van der Waals surface area contributed by atoms with Gasteiger partial charge < -0.3 is 9.14 Å². The Kier molecular flexibility index (Phi) is 3.96. The second-order valence-corrected chi connectivity index (χ2v) is 6.52. The Bertz CT molecular complexity index is 861. The number of carbonyl (C=O) groups is 1. The highest BCUT2D eigenvalue weighted by atomic mass is 16.6. The van der Waals surface area contributed by atoms with E-state index in [0.717, 1.165) is 11.4 Å². The van der Waals surface area contributed by atoms with Gasteiger partial charge in [-0.15, -0.1) is 0 Å². The van der Waals surface area contributed by atoms with Crippen LogP contribution >= 0.6 is 0 Å². The SMILES string of the molecule is Cc1cn2cc(NC(=O)OC(C)(C)C)nc2c(Cn2cccn2)n1. The highest BCUT2D eigenvalue weighted by Crippen LogP contribution is 2.16. The Morgan fingerprint density at radius 1 is 1.29 bits per heavy atom. The van der Waals surface area contributed by atoms with Crippen molar-refractivity contribution < 1.29 is 9.53 Å². The first-order valence-corrected chi connectivity index (χ1v) is 7.63. The molecule has 8 heteroatoms. The van der Waals surface area contributed by atoms with E-state index < -0.39 is 11.7 Å². The average Bonchev–Trinajstić information content (AvgIpc) is 3.05. The minimum atomic E-state index is -0.563. The molecule has 0 spiro atoms. The first-order chi connectivity index (χ1) is 11.3. The maximum Gasteiger partial charge on any atom is 0.413 e. The predicted molar refractivity (Wildman–Crippen MR) is 88.9 cm³/mol. The molecule has 0 bridgehead atoms. The zero-order valence-corrected chi connectivity index (χ0v) is 14.1. The predicted octanol–water partition coefficient (Wildman–Crippen LogP) is 2.63. The number of amides is 1. The van der Waals surface area contributed by atoms with Gasteiger partial charge in [0.1, 0.15) is 11.3 Å². The molecule has 126 valence electrons. The summed E-state index contributed by atoms with van der Waals surface area (Å²) in [6.07, 6.45) is 6.64. The molecule has 0 radical (unpaired) electrons. The van der Waals surface area contributed by atoms with E-state index in [1.165, 1.54) is 0 Å². The molecular weight excluding hydrogens is 308 g/mol. The lowest BCUT2D eigenvalue weighted by molar-refractivity contribution is 0.0635. The first-order valence-electron chi connectivity index (χ1n) is 7.63. The normalized spacial score (nSPS) is 11.7. The fourth-order valence-electron chi connectivity index (χ4n) is 2.32. The van der Waals surface area contributed by atoms with Crippen LogP contribution in [0.5, 0.6) is 0 Å². The van der Waals surface area contributed by atoms with Gasteiger partial charge in [-0.2, -0.15) is 5.10 Å². The van der Waals surface area contributed by atoms with Crippen LogP contribution in [0.4, 0.5) is 10.6 Å². The number of hydrogen-bond donors (Lipinski definition) is 1. The summed E-state index contributed by atoms with van der Waals surface area (Å²) >= 11 is 0. The monoisotopic (exact) mass is 328 g/mol. The van der Waals surface area contributed by atoms with Gasteiger partial charge in [-0.1, -0.05) is 0 Å². The van der Waals surface area contributed by atoms with Crippen molar-refractivity contribution >= 4 is 17.6 Å². The standard InChI is InChI=1S/C16H20N6O2/c1-11-8-21-10-13(20-15(23)24-16(2,3)4)19-14(21)12(18-11)9-22-7-5-6-17-22/h5-8,10H,9H2,1-4H3,(H,20,23). The summed E-state index contributed by atoms with van der Waals surface area (Å²) in [5.74, 6) is 0.415. The Morgan fingerprint density at radius 2 is 2.08 bits per heavy atom. The fraction of sp³-hybridized carbons (Fsp3) is 0.375.